The van der Waals surface area contributed by atoms with Crippen LogP contribution in [0.15, 0.2) is 70.9 Å². The van der Waals surface area contributed by atoms with Crippen LogP contribution in [0, 0.1) is 0 Å². The van der Waals surface area contributed by atoms with Crippen molar-refractivity contribution in [3.8, 4) is 5.75 Å². The number of benzene rings is 3. The molecule has 5 nitrogen and oxygen atoms in total. The van der Waals surface area contributed by atoms with E-state index in [1.165, 1.54) is 13.1 Å². The summed E-state index contributed by atoms with van der Waals surface area (Å²) in [5.74, 6) is -0.554. The zero-order valence-corrected chi connectivity index (χ0v) is 12.5. The number of carbonyl (C=O) groups excluding carboxylic acids is 1. The minimum atomic E-state index is -0.370. The van der Waals surface area contributed by atoms with Crippen molar-refractivity contribution in [3.63, 3.8) is 0 Å². The molecule has 0 bridgehead atoms. The second-order valence-electron chi connectivity index (χ2n) is 4.98. The predicted octanol–water partition coefficient (Wildman–Crippen LogP) is 4.32. The van der Waals surface area contributed by atoms with Crippen LogP contribution in [0.25, 0.3) is 10.8 Å². The smallest absolute Gasteiger partial charge is 0.254 e. The summed E-state index contributed by atoms with van der Waals surface area (Å²) in [7, 11) is 1.51. The molecule has 5 heteroatoms. The molecule has 0 fully saturated rings. The van der Waals surface area contributed by atoms with Gasteiger partial charge in [-0.25, -0.2) is 0 Å². The molecule has 3 aromatic rings. The fourth-order valence-corrected chi connectivity index (χ4v) is 2.28. The number of nitrogens with zero attached hydrogens (tertiary/aromatic N) is 2. The Labute approximate surface area is 133 Å². The average molecular weight is 305 g/mol. The minimum Gasteiger partial charge on any atom is -0.505 e. The molecule has 0 spiro atoms. The molecule has 0 heterocycles. The topological polar surface area (TPSA) is 74.0 Å². The molecule has 3 aromatic carbocycles. The summed E-state index contributed by atoms with van der Waals surface area (Å²) in [5.41, 5.74) is 1.09. The number of aromatic hydroxyl groups is 1. The number of para-hydroxylation sites is 1. The Hall–Kier alpha value is -3.21. The fourth-order valence-electron chi connectivity index (χ4n) is 2.28. The first kappa shape index (κ1) is 14.7. The van der Waals surface area contributed by atoms with Gasteiger partial charge >= 0.3 is 0 Å². The molecule has 0 unspecified atom stereocenters. The van der Waals surface area contributed by atoms with Crippen molar-refractivity contribution in [2.24, 2.45) is 10.2 Å². The number of hydrogen-bond donors (Lipinski definition) is 2. The first-order chi connectivity index (χ1) is 11.2. The van der Waals surface area contributed by atoms with Gasteiger partial charge < -0.3 is 10.4 Å². The van der Waals surface area contributed by atoms with Crippen LogP contribution < -0.4 is 5.32 Å². The maximum atomic E-state index is 11.7. The Morgan fingerprint density at radius 3 is 2.52 bits per heavy atom. The molecule has 0 aliphatic carbocycles. The molecule has 0 saturated heterocycles. The summed E-state index contributed by atoms with van der Waals surface area (Å²) in [6, 6.07) is 18.5. The van der Waals surface area contributed by atoms with Crippen molar-refractivity contribution >= 4 is 28.1 Å². The average Bonchev–Trinajstić information content (AvgIpc) is 2.60. The molecule has 1 amide bonds. The molecule has 0 atom stereocenters. The molecular weight excluding hydrogens is 290 g/mol. The highest BCUT2D eigenvalue weighted by molar-refractivity contribution is 5.98. The van der Waals surface area contributed by atoms with E-state index >= 15 is 0 Å². The van der Waals surface area contributed by atoms with E-state index in [1.54, 1.807) is 12.1 Å². The van der Waals surface area contributed by atoms with Crippen molar-refractivity contribution in [1.82, 2.24) is 5.32 Å². The number of nitrogens with one attached hydrogen (secondary N) is 1. The Bertz CT molecular complexity index is 904. The molecule has 114 valence electrons. The van der Waals surface area contributed by atoms with E-state index in [0.717, 1.165) is 10.8 Å². The van der Waals surface area contributed by atoms with Gasteiger partial charge in [0.1, 0.15) is 5.69 Å². The van der Waals surface area contributed by atoms with Crippen molar-refractivity contribution < 1.29 is 9.90 Å². The van der Waals surface area contributed by atoms with Crippen molar-refractivity contribution in [1.29, 1.82) is 0 Å². The maximum absolute atomic E-state index is 11.7. The number of phenolic OH excluding ortho intramolecular Hbond substituents is 1. The highest BCUT2D eigenvalue weighted by Crippen LogP contribution is 2.32. The lowest BCUT2D eigenvalue weighted by molar-refractivity contribution is 0.0960. The molecule has 0 radical (unpaired) electrons. The van der Waals surface area contributed by atoms with Crippen molar-refractivity contribution in [3.05, 3.63) is 66.2 Å². The highest BCUT2D eigenvalue weighted by atomic mass is 16.3. The minimum absolute atomic E-state index is 0.169. The van der Waals surface area contributed by atoms with Gasteiger partial charge in [0.05, 0.1) is 11.3 Å². The van der Waals surface area contributed by atoms with Crippen LogP contribution in [0.2, 0.25) is 0 Å². The van der Waals surface area contributed by atoms with E-state index in [9.17, 15) is 9.90 Å². The standard InChI is InChI=1S/C18H15N3O2/c1-19-18(23)15-7-4-8-16(17(15)22)21-20-14-10-9-12-5-2-3-6-13(12)11-14/h2-11,22H,1H3,(H,19,23). The van der Waals surface area contributed by atoms with Crippen molar-refractivity contribution in [2.45, 2.75) is 0 Å². The number of fused-ring (bicyclic) bond motifs is 1. The molecule has 0 aromatic heterocycles. The van der Waals surface area contributed by atoms with E-state index in [0.29, 0.717) is 5.69 Å². The number of phenols is 1. The molecule has 0 aliphatic heterocycles. The lowest BCUT2D eigenvalue weighted by Gasteiger charge is -2.04. The van der Waals surface area contributed by atoms with Gasteiger partial charge in [-0.05, 0) is 35.0 Å². The summed E-state index contributed by atoms with van der Waals surface area (Å²) in [6.07, 6.45) is 0. The van der Waals surface area contributed by atoms with Gasteiger partial charge in [0.2, 0.25) is 0 Å². The Morgan fingerprint density at radius 2 is 1.74 bits per heavy atom. The van der Waals surface area contributed by atoms with Crippen molar-refractivity contribution in [2.75, 3.05) is 7.05 Å². The number of azo groups is 1. The van der Waals surface area contributed by atoms with Crippen LogP contribution >= 0.6 is 0 Å². The highest BCUT2D eigenvalue weighted by Gasteiger charge is 2.12. The number of amides is 1. The molecule has 3 rings (SSSR count). The zero-order valence-electron chi connectivity index (χ0n) is 12.5. The molecule has 2 N–H and O–H groups in total. The van der Waals surface area contributed by atoms with E-state index in [1.807, 2.05) is 42.5 Å². The van der Waals surface area contributed by atoms with E-state index in [-0.39, 0.29) is 22.9 Å². The second-order valence-corrected chi connectivity index (χ2v) is 4.98. The first-order valence-corrected chi connectivity index (χ1v) is 7.13. The SMILES string of the molecule is CNC(=O)c1cccc(N=Nc2ccc3ccccc3c2)c1O. The van der Waals surface area contributed by atoms with E-state index in [4.69, 9.17) is 0 Å². The predicted molar refractivity (Wildman–Crippen MR) is 89.6 cm³/mol. The number of rotatable bonds is 3. The summed E-state index contributed by atoms with van der Waals surface area (Å²) in [5, 5.41) is 23.0. The zero-order chi connectivity index (χ0) is 16.2. The van der Waals surface area contributed by atoms with Gasteiger partial charge in [-0.15, -0.1) is 5.11 Å². The quantitative estimate of drug-likeness (QED) is 0.707. The summed E-state index contributed by atoms with van der Waals surface area (Å²) < 4.78 is 0. The van der Waals surface area contributed by atoms with Gasteiger partial charge in [-0.1, -0.05) is 36.4 Å². The van der Waals surface area contributed by atoms with Crippen LogP contribution in [-0.4, -0.2) is 18.1 Å². The monoisotopic (exact) mass is 305 g/mol. The van der Waals surface area contributed by atoms with Crippen LogP contribution in [0.5, 0.6) is 5.75 Å². The van der Waals surface area contributed by atoms with Crippen LogP contribution in [0.3, 0.4) is 0 Å². The van der Waals surface area contributed by atoms with Gasteiger partial charge in [-0.3, -0.25) is 4.79 Å². The molecule has 0 saturated carbocycles. The van der Waals surface area contributed by atoms with Gasteiger partial charge in [0.25, 0.3) is 5.91 Å². The summed E-state index contributed by atoms with van der Waals surface area (Å²) >= 11 is 0. The maximum Gasteiger partial charge on any atom is 0.254 e. The summed E-state index contributed by atoms with van der Waals surface area (Å²) in [6.45, 7) is 0. The Morgan fingerprint density at radius 1 is 0.957 bits per heavy atom. The van der Waals surface area contributed by atoms with Gasteiger partial charge in [0.15, 0.2) is 5.75 Å². The lowest BCUT2D eigenvalue weighted by atomic mass is 10.1. The van der Waals surface area contributed by atoms with Gasteiger partial charge in [0, 0.05) is 7.05 Å². The van der Waals surface area contributed by atoms with E-state index in [2.05, 4.69) is 15.5 Å². The lowest BCUT2D eigenvalue weighted by Crippen LogP contribution is -2.17. The first-order valence-electron chi connectivity index (χ1n) is 7.13. The van der Waals surface area contributed by atoms with Gasteiger partial charge in [-0.2, -0.15) is 5.11 Å². The van der Waals surface area contributed by atoms with Crippen LogP contribution in [0.1, 0.15) is 10.4 Å². The molecule has 23 heavy (non-hydrogen) atoms. The third-order valence-corrected chi connectivity index (χ3v) is 3.49. The molecule has 0 aliphatic rings. The van der Waals surface area contributed by atoms with Crippen LogP contribution in [-0.2, 0) is 0 Å². The third-order valence-electron chi connectivity index (χ3n) is 3.49. The Balaban J connectivity index is 1.94. The summed E-state index contributed by atoms with van der Waals surface area (Å²) in [4.78, 5) is 11.7. The molecular formula is C18H15N3O2. The second kappa shape index (κ2) is 6.27. The van der Waals surface area contributed by atoms with Crippen LogP contribution in [0.4, 0.5) is 11.4 Å². The normalized spacial score (nSPS) is 11.0. The number of hydrogen-bond acceptors (Lipinski definition) is 4. The van der Waals surface area contributed by atoms with E-state index < -0.39 is 0 Å². The Kier molecular flexibility index (Phi) is 4.01. The third kappa shape index (κ3) is 3.03. The number of carbonyl (C=O) groups is 1. The largest absolute Gasteiger partial charge is 0.505 e. The fraction of sp³-hybridized carbons (Fsp3) is 0.0556.